The molecule has 2 N–H and O–H groups in total. The summed E-state index contributed by atoms with van der Waals surface area (Å²) in [7, 11) is 1.18. The summed E-state index contributed by atoms with van der Waals surface area (Å²) >= 11 is 0. The highest BCUT2D eigenvalue weighted by Gasteiger charge is 2.20. The minimum absolute atomic E-state index is 0.381. The molecule has 0 bridgehead atoms. The number of carbonyl (C=O) groups is 2. The second-order valence-corrected chi connectivity index (χ2v) is 2.48. The van der Waals surface area contributed by atoms with Gasteiger partial charge in [0.2, 0.25) is 0 Å². The van der Waals surface area contributed by atoms with Crippen LogP contribution in [0.15, 0.2) is 30.3 Å². The molecule has 0 atom stereocenters. The molecule has 0 fully saturated rings. The molecule has 1 aromatic rings. The summed E-state index contributed by atoms with van der Waals surface area (Å²) in [5.41, 5.74) is 5.41. The van der Waals surface area contributed by atoms with E-state index in [0.717, 1.165) is 4.90 Å². The quantitative estimate of drug-likeness (QED) is 0.733. The number of para-hydroxylation sites is 1. The van der Waals surface area contributed by atoms with Crippen molar-refractivity contribution >= 4 is 17.8 Å². The molecule has 0 saturated carbocycles. The maximum atomic E-state index is 11.2. The Morgan fingerprint density at radius 2 is 1.86 bits per heavy atom. The van der Waals surface area contributed by atoms with Gasteiger partial charge in [0.25, 0.3) is 0 Å². The van der Waals surface area contributed by atoms with Crippen molar-refractivity contribution in [1.29, 1.82) is 0 Å². The van der Waals surface area contributed by atoms with E-state index >= 15 is 0 Å². The molecule has 5 heteroatoms. The van der Waals surface area contributed by atoms with E-state index in [-0.39, 0.29) is 0 Å². The van der Waals surface area contributed by atoms with Crippen molar-refractivity contribution in [3.63, 3.8) is 0 Å². The zero-order valence-corrected chi connectivity index (χ0v) is 7.64. The van der Waals surface area contributed by atoms with Crippen LogP contribution in [0.2, 0.25) is 0 Å². The molecule has 3 amide bonds. The Kier molecular flexibility index (Phi) is 3.06. The number of nitrogens with two attached hydrogens (primary N) is 1. The third-order valence-corrected chi connectivity index (χ3v) is 1.59. The van der Waals surface area contributed by atoms with Crippen molar-refractivity contribution < 1.29 is 14.3 Å². The monoisotopic (exact) mass is 194 g/mol. The maximum Gasteiger partial charge on any atom is 0.422 e. The van der Waals surface area contributed by atoms with Gasteiger partial charge in [-0.3, -0.25) is 0 Å². The lowest BCUT2D eigenvalue weighted by molar-refractivity contribution is 0.179. The molecular weight excluding hydrogens is 184 g/mol. The van der Waals surface area contributed by atoms with E-state index in [9.17, 15) is 9.59 Å². The first-order valence-electron chi connectivity index (χ1n) is 3.89. The van der Waals surface area contributed by atoms with Gasteiger partial charge in [0.1, 0.15) is 0 Å². The number of methoxy groups -OCH3 is 1. The lowest BCUT2D eigenvalue weighted by Crippen LogP contribution is -2.40. The number of carbonyl (C=O) groups excluding carboxylic acids is 2. The Labute approximate surface area is 81.1 Å². The molecule has 0 aliphatic heterocycles. The Bertz CT molecular complexity index is 337. The Balaban J connectivity index is 3.01. The van der Waals surface area contributed by atoms with Gasteiger partial charge in [0.05, 0.1) is 12.8 Å². The molecule has 0 aliphatic rings. The van der Waals surface area contributed by atoms with Crippen LogP contribution < -0.4 is 10.6 Å². The second kappa shape index (κ2) is 4.27. The van der Waals surface area contributed by atoms with Crippen molar-refractivity contribution in [2.45, 2.75) is 0 Å². The molecule has 74 valence electrons. The normalized spacial score (nSPS) is 9.21. The van der Waals surface area contributed by atoms with Gasteiger partial charge in [0, 0.05) is 0 Å². The average Bonchev–Trinajstić information content (AvgIpc) is 2.19. The SMILES string of the molecule is COC(=O)N(C(N)=O)c1ccccc1. The van der Waals surface area contributed by atoms with E-state index in [0.29, 0.717) is 5.69 Å². The van der Waals surface area contributed by atoms with Crippen LogP contribution in [0.3, 0.4) is 0 Å². The van der Waals surface area contributed by atoms with Crippen LogP contribution in [-0.2, 0) is 4.74 Å². The number of hydrogen-bond acceptors (Lipinski definition) is 3. The van der Waals surface area contributed by atoms with Crippen LogP contribution >= 0.6 is 0 Å². The van der Waals surface area contributed by atoms with Crippen LogP contribution in [-0.4, -0.2) is 19.2 Å². The van der Waals surface area contributed by atoms with Crippen LogP contribution in [0.25, 0.3) is 0 Å². The van der Waals surface area contributed by atoms with E-state index in [4.69, 9.17) is 5.73 Å². The van der Waals surface area contributed by atoms with Crippen LogP contribution in [0, 0.1) is 0 Å². The van der Waals surface area contributed by atoms with Gasteiger partial charge in [-0.2, -0.15) is 4.90 Å². The molecule has 0 aromatic heterocycles. The van der Waals surface area contributed by atoms with Crippen molar-refractivity contribution in [2.24, 2.45) is 5.73 Å². The lowest BCUT2D eigenvalue weighted by Gasteiger charge is -2.16. The minimum Gasteiger partial charge on any atom is -0.452 e. The highest BCUT2D eigenvalue weighted by Crippen LogP contribution is 2.13. The molecular formula is C9H10N2O3. The molecule has 5 nitrogen and oxygen atoms in total. The molecule has 0 radical (unpaired) electrons. The van der Waals surface area contributed by atoms with Gasteiger partial charge in [-0.15, -0.1) is 0 Å². The van der Waals surface area contributed by atoms with Gasteiger partial charge in [-0.1, -0.05) is 18.2 Å². The van der Waals surface area contributed by atoms with Gasteiger partial charge in [0.15, 0.2) is 0 Å². The zero-order valence-electron chi connectivity index (χ0n) is 7.64. The second-order valence-electron chi connectivity index (χ2n) is 2.48. The zero-order chi connectivity index (χ0) is 10.6. The Morgan fingerprint density at radius 3 is 2.29 bits per heavy atom. The van der Waals surface area contributed by atoms with Crippen molar-refractivity contribution in [3.8, 4) is 0 Å². The Hall–Kier alpha value is -2.04. The summed E-state index contributed by atoms with van der Waals surface area (Å²) in [6, 6.07) is 7.44. The number of urea groups is 1. The maximum absolute atomic E-state index is 11.2. The topological polar surface area (TPSA) is 72.6 Å². The summed E-state index contributed by atoms with van der Waals surface area (Å²) in [5, 5.41) is 0. The number of rotatable bonds is 1. The number of imide groups is 1. The smallest absolute Gasteiger partial charge is 0.422 e. The van der Waals surface area contributed by atoms with E-state index in [1.165, 1.54) is 7.11 Å². The molecule has 0 heterocycles. The molecule has 1 rings (SSSR count). The first kappa shape index (κ1) is 10.0. The number of ether oxygens (including phenoxy) is 1. The summed E-state index contributed by atoms with van der Waals surface area (Å²) in [4.78, 5) is 22.9. The molecule has 0 aliphatic carbocycles. The molecule has 0 spiro atoms. The fraction of sp³-hybridized carbons (Fsp3) is 0.111. The van der Waals surface area contributed by atoms with Gasteiger partial charge in [-0.25, -0.2) is 9.59 Å². The summed E-state index contributed by atoms with van der Waals surface area (Å²) in [6.45, 7) is 0. The van der Waals surface area contributed by atoms with Crippen LogP contribution in [0.4, 0.5) is 15.3 Å². The average molecular weight is 194 g/mol. The highest BCUT2D eigenvalue weighted by atomic mass is 16.5. The van der Waals surface area contributed by atoms with E-state index in [1.54, 1.807) is 30.3 Å². The molecule has 14 heavy (non-hydrogen) atoms. The number of nitrogens with zero attached hydrogens (tertiary/aromatic N) is 1. The summed E-state index contributed by atoms with van der Waals surface area (Å²) in [6.07, 6.45) is -0.802. The Morgan fingerprint density at radius 1 is 1.29 bits per heavy atom. The predicted octanol–water partition coefficient (Wildman–Crippen LogP) is 1.34. The molecule has 0 saturated heterocycles. The van der Waals surface area contributed by atoms with Gasteiger partial charge < -0.3 is 10.5 Å². The molecule has 1 aromatic carbocycles. The van der Waals surface area contributed by atoms with E-state index in [2.05, 4.69) is 4.74 Å². The number of anilines is 1. The van der Waals surface area contributed by atoms with E-state index in [1.807, 2.05) is 0 Å². The third-order valence-electron chi connectivity index (χ3n) is 1.59. The number of amides is 3. The largest absolute Gasteiger partial charge is 0.452 e. The summed E-state index contributed by atoms with van der Waals surface area (Å²) in [5.74, 6) is 0. The molecule has 0 unspecified atom stereocenters. The van der Waals surface area contributed by atoms with Gasteiger partial charge in [-0.05, 0) is 12.1 Å². The van der Waals surface area contributed by atoms with Gasteiger partial charge >= 0.3 is 12.1 Å². The number of benzene rings is 1. The number of primary amides is 1. The minimum atomic E-state index is -0.872. The number of hydrogen-bond donors (Lipinski definition) is 1. The van der Waals surface area contributed by atoms with Crippen molar-refractivity contribution in [2.75, 3.05) is 12.0 Å². The standard InChI is InChI=1S/C9H10N2O3/c1-14-9(13)11(8(10)12)7-5-3-2-4-6-7/h2-6H,1H3,(H2,10,12). The third kappa shape index (κ3) is 2.01. The highest BCUT2D eigenvalue weighted by molar-refractivity contribution is 6.10. The first-order valence-corrected chi connectivity index (χ1v) is 3.89. The van der Waals surface area contributed by atoms with Crippen LogP contribution in [0.5, 0.6) is 0 Å². The predicted molar refractivity (Wildman–Crippen MR) is 50.9 cm³/mol. The fourth-order valence-electron chi connectivity index (χ4n) is 0.991. The fourth-order valence-corrected chi connectivity index (χ4v) is 0.991. The van der Waals surface area contributed by atoms with Crippen LogP contribution in [0.1, 0.15) is 0 Å². The lowest BCUT2D eigenvalue weighted by atomic mass is 10.3. The van der Waals surface area contributed by atoms with Crippen molar-refractivity contribution in [3.05, 3.63) is 30.3 Å². The van der Waals surface area contributed by atoms with E-state index < -0.39 is 12.1 Å². The first-order chi connectivity index (χ1) is 6.66. The van der Waals surface area contributed by atoms with Crippen molar-refractivity contribution in [1.82, 2.24) is 0 Å². The summed E-state index contributed by atoms with van der Waals surface area (Å²) < 4.78 is 4.41.